The number of aliphatic imine (C=N–C) groups is 1. The molecule has 0 aliphatic heterocycles. The molecule has 0 saturated carbocycles. The van der Waals surface area contributed by atoms with Gasteiger partial charge in [0.2, 0.25) is 0 Å². The maximum absolute atomic E-state index is 11.4. The minimum atomic E-state index is -0.331. The summed E-state index contributed by atoms with van der Waals surface area (Å²) in [5, 5.41) is 10.7. The highest BCUT2D eigenvalue weighted by Gasteiger charge is 2.04. The molecule has 0 fully saturated rings. The first-order valence-corrected chi connectivity index (χ1v) is 8.39. The Morgan fingerprint density at radius 2 is 2.04 bits per heavy atom. The average molecular weight is 471 g/mol. The highest BCUT2D eigenvalue weighted by atomic mass is 127. The lowest BCUT2D eigenvalue weighted by atomic mass is 10.1. The molecule has 0 aliphatic rings. The monoisotopic (exact) mass is 471 g/mol. The van der Waals surface area contributed by atoms with Gasteiger partial charge in [-0.3, -0.25) is 4.68 Å². The van der Waals surface area contributed by atoms with Crippen LogP contribution in [0.4, 0.5) is 0 Å². The molecule has 0 aliphatic carbocycles. The molecule has 0 unspecified atom stereocenters. The van der Waals surface area contributed by atoms with Gasteiger partial charge in [0.25, 0.3) is 0 Å². The minimum absolute atomic E-state index is 0. The molecule has 0 spiro atoms. The number of methoxy groups -OCH3 is 1. The molecule has 8 heteroatoms. The number of guanidine groups is 1. The third-order valence-corrected chi connectivity index (χ3v) is 3.55. The van der Waals surface area contributed by atoms with Crippen LogP contribution in [-0.4, -0.2) is 41.9 Å². The molecule has 0 saturated heterocycles. The van der Waals surface area contributed by atoms with E-state index in [1.165, 1.54) is 7.11 Å². The van der Waals surface area contributed by atoms with Crippen LogP contribution in [0.5, 0.6) is 0 Å². The number of rotatable bonds is 8. The molecule has 1 aromatic carbocycles. The van der Waals surface area contributed by atoms with Crippen LogP contribution in [0.3, 0.4) is 0 Å². The Hall–Kier alpha value is -2.10. The van der Waals surface area contributed by atoms with E-state index < -0.39 is 0 Å². The maximum atomic E-state index is 11.4. The normalized spacial score (nSPS) is 10.8. The fraction of sp³-hybridized carbons (Fsp3) is 0.389. The fourth-order valence-corrected chi connectivity index (χ4v) is 2.26. The first kappa shape index (κ1) is 21.9. The molecule has 2 aromatic rings. The topological polar surface area (TPSA) is 80.5 Å². The predicted molar refractivity (Wildman–Crippen MR) is 113 cm³/mol. The average Bonchev–Trinajstić information content (AvgIpc) is 3.16. The number of benzene rings is 1. The second kappa shape index (κ2) is 12.3. The number of esters is 1. The van der Waals surface area contributed by atoms with Crippen molar-refractivity contribution >= 4 is 35.9 Å². The van der Waals surface area contributed by atoms with E-state index in [-0.39, 0.29) is 29.9 Å². The van der Waals surface area contributed by atoms with Gasteiger partial charge in [-0.25, -0.2) is 9.79 Å². The number of hydrogen-bond donors (Lipinski definition) is 2. The molecule has 1 heterocycles. The lowest BCUT2D eigenvalue weighted by Crippen LogP contribution is -2.38. The zero-order valence-corrected chi connectivity index (χ0v) is 17.5. The molecule has 7 nitrogen and oxygen atoms in total. The number of carbonyl (C=O) groups is 1. The Balaban J connectivity index is 0.00000338. The van der Waals surface area contributed by atoms with Crippen molar-refractivity contribution in [2.45, 2.75) is 26.4 Å². The summed E-state index contributed by atoms with van der Waals surface area (Å²) >= 11 is 0. The highest BCUT2D eigenvalue weighted by molar-refractivity contribution is 14.0. The molecule has 2 rings (SSSR count). The zero-order valence-electron chi connectivity index (χ0n) is 15.1. The molecule has 2 N–H and O–H groups in total. The standard InChI is InChI=1S/C18H25N5O2.HI/c1-3-19-18(20-10-4-12-23-13-5-11-22-23)21-14-15-6-8-16(9-7-15)17(24)25-2;/h5-9,11,13H,3-4,10,12,14H2,1-2H3,(H2,19,20,21);1H. The van der Waals surface area contributed by atoms with Gasteiger partial charge in [0.05, 0.1) is 19.2 Å². The molecule has 1 aromatic heterocycles. The van der Waals surface area contributed by atoms with Gasteiger partial charge >= 0.3 is 5.97 Å². The van der Waals surface area contributed by atoms with Gasteiger partial charge in [-0.1, -0.05) is 12.1 Å². The van der Waals surface area contributed by atoms with E-state index in [4.69, 9.17) is 4.74 Å². The van der Waals surface area contributed by atoms with Crippen molar-refractivity contribution in [2.75, 3.05) is 20.2 Å². The van der Waals surface area contributed by atoms with Crippen molar-refractivity contribution in [3.8, 4) is 0 Å². The van der Waals surface area contributed by atoms with Gasteiger partial charge in [-0.15, -0.1) is 24.0 Å². The van der Waals surface area contributed by atoms with Crippen LogP contribution in [-0.2, 0) is 17.8 Å². The van der Waals surface area contributed by atoms with Crippen LogP contribution >= 0.6 is 24.0 Å². The molecule has 142 valence electrons. The van der Waals surface area contributed by atoms with E-state index in [2.05, 4.69) is 20.7 Å². The first-order chi connectivity index (χ1) is 12.2. The van der Waals surface area contributed by atoms with Crippen LogP contribution in [0.1, 0.15) is 29.3 Å². The van der Waals surface area contributed by atoms with Crippen molar-refractivity contribution in [1.82, 2.24) is 20.4 Å². The van der Waals surface area contributed by atoms with Gasteiger partial charge in [0.15, 0.2) is 5.96 Å². The van der Waals surface area contributed by atoms with Crippen molar-refractivity contribution < 1.29 is 9.53 Å². The van der Waals surface area contributed by atoms with Gasteiger partial charge in [-0.2, -0.15) is 5.10 Å². The zero-order chi connectivity index (χ0) is 17.9. The van der Waals surface area contributed by atoms with Gasteiger partial charge in [-0.05, 0) is 37.1 Å². The second-order valence-corrected chi connectivity index (χ2v) is 5.43. The summed E-state index contributed by atoms with van der Waals surface area (Å²) in [5.41, 5.74) is 1.57. The predicted octanol–water partition coefficient (Wildman–Crippen LogP) is 2.43. The van der Waals surface area contributed by atoms with Crippen molar-refractivity contribution in [2.24, 2.45) is 4.99 Å². The Kier molecular flexibility index (Phi) is 10.4. The number of ether oxygens (including phenoxy) is 1. The number of aryl methyl sites for hydroxylation is 1. The number of hydrogen-bond acceptors (Lipinski definition) is 4. The molecular weight excluding hydrogens is 445 g/mol. The van der Waals surface area contributed by atoms with Crippen molar-refractivity contribution in [1.29, 1.82) is 0 Å². The summed E-state index contributed by atoms with van der Waals surface area (Å²) in [6.07, 6.45) is 4.70. The summed E-state index contributed by atoms with van der Waals surface area (Å²) in [7, 11) is 1.38. The smallest absolute Gasteiger partial charge is 0.337 e. The van der Waals surface area contributed by atoms with E-state index in [1.807, 2.05) is 36.0 Å². The quantitative estimate of drug-likeness (QED) is 0.203. The highest BCUT2D eigenvalue weighted by Crippen LogP contribution is 2.06. The lowest BCUT2D eigenvalue weighted by Gasteiger charge is -2.11. The van der Waals surface area contributed by atoms with Crippen molar-refractivity contribution in [3.63, 3.8) is 0 Å². The van der Waals surface area contributed by atoms with Gasteiger partial charge in [0, 0.05) is 32.0 Å². The van der Waals surface area contributed by atoms with Crippen LogP contribution in [0.2, 0.25) is 0 Å². The number of aromatic nitrogens is 2. The first-order valence-electron chi connectivity index (χ1n) is 8.39. The number of nitrogens with one attached hydrogen (secondary N) is 2. The van der Waals surface area contributed by atoms with Crippen molar-refractivity contribution in [3.05, 3.63) is 53.9 Å². The second-order valence-electron chi connectivity index (χ2n) is 5.43. The SMILES string of the molecule is CCNC(=NCc1ccc(C(=O)OC)cc1)NCCCn1cccn1.I. The molecule has 0 atom stereocenters. The van der Waals surface area contributed by atoms with Crippen LogP contribution in [0.25, 0.3) is 0 Å². The summed E-state index contributed by atoms with van der Waals surface area (Å²) < 4.78 is 6.61. The molecule has 26 heavy (non-hydrogen) atoms. The van der Waals surface area contributed by atoms with Crippen LogP contribution in [0.15, 0.2) is 47.7 Å². The molecule has 0 amide bonds. The van der Waals surface area contributed by atoms with Gasteiger partial charge in [0.1, 0.15) is 0 Å². The van der Waals surface area contributed by atoms with Crippen LogP contribution < -0.4 is 10.6 Å². The molecular formula is C18H26IN5O2. The largest absolute Gasteiger partial charge is 0.465 e. The van der Waals surface area contributed by atoms with E-state index in [0.717, 1.165) is 37.6 Å². The Labute approximate surface area is 171 Å². The fourth-order valence-electron chi connectivity index (χ4n) is 2.26. The Bertz CT molecular complexity index is 671. The summed E-state index contributed by atoms with van der Waals surface area (Å²) in [5.74, 6) is 0.447. The summed E-state index contributed by atoms with van der Waals surface area (Å²) in [4.78, 5) is 16.0. The Morgan fingerprint density at radius 1 is 1.27 bits per heavy atom. The lowest BCUT2D eigenvalue weighted by molar-refractivity contribution is 0.0600. The van der Waals surface area contributed by atoms with Gasteiger partial charge < -0.3 is 15.4 Å². The summed E-state index contributed by atoms with van der Waals surface area (Å²) in [6, 6.07) is 9.20. The van der Waals surface area contributed by atoms with E-state index in [1.54, 1.807) is 18.3 Å². The van der Waals surface area contributed by atoms with E-state index in [9.17, 15) is 4.79 Å². The minimum Gasteiger partial charge on any atom is -0.465 e. The van der Waals surface area contributed by atoms with Crippen LogP contribution in [0, 0.1) is 0 Å². The third kappa shape index (κ3) is 7.42. The molecule has 0 bridgehead atoms. The van der Waals surface area contributed by atoms with E-state index in [0.29, 0.717) is 12.1 Å². The Morgan fingerprint density at radius 3 is 2.65 bits per heavy atom. The third-order valence-electron chi connectivity index (χ3n) is 3.55. The maximum Gasteiger partial charge on any atom is 0.337 e. The van der Waals surface area contributed by atoms with E-state index >= 15 is 0 Å². The number of halogens is 1. The summed E-state index contributed by atoms with van der Waals surface area (Å²) in [6.45, 7) is 5.05. The molecule has 0 radical (unpaired) electrons. The number of carbonyl (C=O) groups excluding carboxylic acids is 1. The number of nitrogens with zero attached hydrogens (tertiary/aromatic N) is 3.